The van der Waals surface area contributed by atoms with Crippen molar-refractivity contribution >= 4 is 51.5 Å². The van der Waals surface area contributed by atoms with Crippen molar-refractivity contribution in [2.45, 2.75) is 27.3 Å². The number of hydrogen-bond donors (Lipinski definition) is 1. The van der Waals surface area contributed by atoms with Crippen LogP contribution >= 0.6 is 11.8 Å². The Morgan fingerprint density at radius 3 is 2.69 bits per heavy atom. The summed E-state index contributed by atoms with van der Waals surface area (Å²) in [6.07, 6.45) is 1.75. The van der Waals surface area contributed by atoms with Crippen LogP contribution in [0.5, 0.6) is 17.2 Å². The first-order valence-corrected chi connectivity index (χ1v) is 14.3. The highest BCUT2D eigenvalue weighted by molar-refractivity contribution is 8.18. The van der Waals surface area contributed by atoms with E-state index in [1.807, 2.05) is 67.8 Å². The molecule has 3 amide bonds. The Kier molecular flexibility index (Phi) is 7.38. The number of nitrogens with one attached hydrogen (secondary N) is 1. The molecule has 0 radical (unpaired) electrons. The van der Waals surface area contributed by atoms with E-state index in [2.05, 4.69) is 5.32 Å². The number of aryl methyl sites for hydroxylation is 2. The zero-order chi connectivity index (χ0) is 29.4. The van der Waals surface area contributed by atoms with Crippen molar-refractivity contribution in [3.8, 4) is 17.2 Å². The minimum Gasteiger partial charge on any atom is -0.491 e. The molecule has 214 valence electrons. The number of amides is 3. The highest BCUT2D eigenvalue weighted by Gasteiger charge is 2.35. The van der Waals surface area contributed by atoms with Gasteiger partial charge in [-0.25, -0.2) is 0 Å². The number of imide groups is 1. The fourth-order valence-electron chi connectivity index (χ4n) is 5.10. The minimum atomic E-state index is -0.355. The predicted molar refractivity (Wildman–Crippen MR) is 162 cm³/mol. The topological polar surface area (TPSA) is 99.1 Å². The van der Waals surface area contributed by atoms with E-state index in [0.717, 1.165) is 50.8 Å². The molecule has 1 N–H and O–H groups in total. The second-order valence-corrected chi connectivity index (χ2v) is 11.2. The Bertz CT molecular complexity index is 1780. The van der Waals surface area contributed by atoms with Crippen molar-refractivity contribution in [2.75, 3.05) is 25.3 Å². The minimum absolute atomic E-state index is 0.0613. The van der Waals surface area contributed by atoms with Crippen LogP contribution in [0, 0.1) is 20.8 Å². The number of ether oxygens (including phenoxy) is 3. The van der Waals surface area contributed by atoms with Crippen LogP contribution in [0.1, 0.15) is 22.4 Å². The van der Waals surface area contributed by atoms with Gasteiger partial charge in [0.2, 0.25) is 12.7 Å². The van der Waals surface area contributed by atoms with Gasteiger partial charge in [-0.15, -0.1) is 0 Å². The summed E-state index contributed by atoms with van der Waals surface area (Å²) in [6, 6.07) is 18.9. The van der Waals surface area contributed by atoms with Crippen molar-refractivity contribution in [2.24, 2.45) is 0 Å². The van der Waals surface area contributed by atoms with Crippen LogP contribution in [0.3, 0.4) is 0 Å². The Balaban J connectivity index is 1.19. The van der Waals surface area contributed by atoms with E-state index < -0.39 is 0 Å². The summed E-state index contributed by atoms with van der Waals surface area (Å²) < 4.78 is 18.5. The lowest BCUT2D eigenvalue weighted by atomic mass is 10.1. The number of fused-ring (bicyclic) bond motifs is 2. The molecule has 0 unspecified atom stereocenters. The van der Waals surface area contributed by atoms with Gasteiger partial charge in [0.25, 0.3) is 11.1 Å². The monoisotopic (exact) mass is 583 g/mol. The molecule has 1 aromatic heterocycles. The number of benzene rings is 3. The summed E-state index contributed by atoms with van der Waals surface area (Å²) in [6.45, 7) is 6.41. The standard InChI is InChI=1S/C32H29N3O6S/c1-19-8-9-20(2)27(14-19)39-13-12-34-31(37)29(42-32(34)38)16-24-21(3)35(25-7-5-4-6-23(24)25)17-30(36)33-22-10-11-26-28(15-22)41-18-40-26/h4-11,14-16H,12-13,17-18H2,1-3H3,(H,33,36)/b29-16-. The summed E-state index contributed by atoms with van der Waals surface area (Å²) in [5.74, 6) is 1.40. The third-order valence-electron chi connectivity index (χ3n) is 7.30. The van der Waals surface area contributed by atoms with Crippen LogP contribution in [-0.4, -0.2) is 46.5 Å². The second kappa shape index (κ2) is 11.3. The van der Waals surface area contributed by atoms with E-state index >= 15 is 0 Å². The predicted octanol–water partition coefficient (Wildman–Crippen LogP) is 6.05. The molecule has 3 heterocycles. The van der Waals surface area contributed by atoms with Crippen LogP contribution in [0.25, 0.3) is 17.0 Å². The van der Waals surface area contributed by atoms with Crippen LogP contribution < -0.4 is 19.5 Å². The Morgan fingerprint density at radius 1 is 1.02 bits per heavy atom. The van der Waals surface area contributed by atoms with Gasteiger partial charge in [0.05, 0.1) is 11.4 Å². The molecule has 0 saturated carbocycles. The van der Waals surface area contributed by atoms with Gasteiger partial charge >= 0.3 is 0 Å². The summed E-state index contributed by atoms with van der Waals surface area (Å²) in [4.78, 5) is 40.7. The average molecular weight is 584 g/mol. The summed E-state index contributed by atoms with van der Waals surface area (Å²) in [5.41, 5.74) is 5.12. The zero-order valence-electron chi connectivity index (χ0n) is 23.4. The van der Waals surface area contributed by atoms with Crippen LogP contribution in [-0.2, 0) is 16.1 Å². The number of rotatable bonds is 8. The summed E-state index contributed by atoms with van der Waals surface area (Å²) >= 11 is 0.913. The average Bonchev–Trinajstić information content (AvgIpc) is 3.62. The maximum atomic E-state index is 13.3. The Labute approximate surface area is 247 Å². The third kappa shape index (κ3) is 5.33. The molecular weight excluding hydrogens is 554 g/mol. The molecule has 42 heavy (non-hydrogen) atoms. The highest BCUT2D eigenvalue weighted by Crippen LogP contribution is 2.36. The molecule has 2 aliphatic heterocycles. The van der Waals surface area contributed by atoms with Gasteiger partial charge in [0, 0.05) is 33.9 Å². The molecular formula is C32H29N3O6S. The number of aromatic nitrogens is 1. The highest BCUT2D eigenvalue weighted by atomic mass is 32.2. The number of hydrogen-bond acceptors (Lipinski definition) is 7. The van der Waals surface area contributed by atoms with Crippen molar-refractivity contribution in [1.82, 2.24) is 9.47 Å². The molecule has 10 heteroatoms. The van der Waals surface area contributed by atoms with Crippen molar-refractivity contribution in [3.63, 3.8) is 0 Å². The molecule has 0 atom stereocenters. The third-order valence-corrected chi connectivity index (χ3v) is 8.21. The van der Waals surface area contributed by atoms with Crippen molar-refractivity contribution in [1.29, 1.82) is 0 Å². The summed E-state index contributed by atoms with van der Waals surface area (Å²) in [5, 5.41) is 3.47. The lowest BCUT2D eigenvalue weighted by Crippen LogP contribution is -2.32. The van der Waals surface area contributed by atoms with Gasteiger partial charge < -0.3 is 24.1 Å². The molecule has 1 saturated heterocycles. The number of carbonyl (C=O) groups excluding carboxylic acids is 3. The van der Waals surface area contributed by atoms with Gasteiger partial charge in [-0.2, -0.15) is 0 Å². The number of carbonyl (C=O) groups is 3. The fourth-order valence-corrected chi connectivity index (χ4v) is 5.94. The zero-order valence-corrected chi connectivity index (χ0v) is 24.2. The van der Waals surface area contributed by atoms with E-state index in [0.29, 0.717) is 22.1 Å². The summed E-state index contributed by atoms with van der Waals surface area (Å²) in [7, 11) is 0. The van der Waals surface area contributed by atoms with Crippen LogP contribution in [0.4, 0.5) is 10.5 Å². The quantitative estimate of drug-likeness (QED) is 0.252. The SMILES string of the molecule is Cc1ccc(C)c(OCCN2C(=O)S/C(=C\c3c(C)n(CC(=O)Nc4ccc5c(c4)OCO5)c4ccccc34)C2=O)c1. The number of anilines is 1. The van der Waals surface area contributed by atoms with Crippen molar-refractivity contribution in [3.05, 3.63) is 88.0 Å². The van der Waals surface area contributed by atoms with Crippen molar-refractivity contribution < 1.29 is 28.6 Å². The van der Waals surface area contributed by atoms with E-state index in [4.69, 9.17) is 14.2 Å². The van der Waals surface area contributed by atoms with Gasteiger partial charge in [0.15, 0.2) is 11.5 Å². The molecule has 3 aromatic carbocycles. The van der Waals surface area contributed by atoms with Crippen LogP contribution in [0.2, 0.25) is 0 Å². The Hall–Kier alpha value is -4.70. The first kappa shape index (κ1) is 27.5. The van der Waals surface area contributed by atoms with E-state index in [9.17, 15) is 14.4 Å². The molecule has 0 bridgehead atoms. The maximum absolute atomic E-state index is 13.3. The fraction of sp³-hybridized carbons (Fsp3) is 0.219. The molecule has 0 spiro atoms. The molecule has 9 nitrogen and oxygen atoms in total. The van der Waals surface area contributed by atoms with Gasteiger partial charge in [0.1, 0.15) is 18.9 Å². The first-order valence-electron chi connectivity index (χ1n) is 13.5. The smallest absolute Gasteiger partial charge is 0.293 e. The first-order chi connectivity index (χ1) is 20.3. The molecule has 0 aliphatic carbocycles. The molecule has 6 rings (SSSR count). The van der Waals surface area contributed by atoms with Gasteiger partial charge in [-0.1, -0.05) is 30.3 Å². The number of thioether (sulfide) groups is 1. The largest absolute Gasteiger partial charge is 0.491 e. The van der Waals surface area contributed by atoms with Gasteiger partial charge in [-0.3, -0.25) is 19.3 Å². The van der Waals surface area contributed by atoms with E-state index in [1.165, 1.54) is 4.90 Å². The molecule has 1 fully saturated rings. The second-order valence-electron chi connectivity index (χ2n) is 10.2. The normalized spacial score (nSPS) is 15.2. The van der Waals surface area contributed by atoms with E-state index in [1.54, 1.807) is 24.3 Å². The lowest BCUT2D eigenvalue weighted by molar-refractivity contribution is -0.123. The number of para-hydroxylation sites is 1. The number of nitrogens with zero attached hydrogens (tertiary/aromatic N) is 2. The molecule has 2 aliphatic rings. The van der Waals surface area contributed by atoms with Gasteiger partial charge in [-0.05, 0) is 74.0 Å². The maximum Gasteiger partial charge on any atom is 0.293 e. The van der Waals surface area contributed by atoms with Crippen LogP contribution in [0.15, 0.2) is 65.6 Å². The van der Waals surface area contributed by atoms with E-state index in [-0.39, 0.29) is 43.5 Å². The molecule has 4 aromatic rings. The Morgan fingerprint density at radius 2 is 1.83 bits per heavy atom. The lowest BCUT2D eigenvalue weighted by Gasteiger charge is -2.14.